The van der Waals surface area contributed by atoms with Gasteiger partial charge in [-0.25, -0.2) is 0 Å². The Labute approximate surface area is 445 Å². The van der Waals surface area contributed by atoms with E-state index in [1.165, 1.54) is 126 Å². The van der Waals surface area contributed by atoms with Crippen molar-refractivity contribution in [3.8, 4) is 11.1 Å². The van der Waals surface area contributed by atoms with E-state index in [4.69, 9.17) is 0 Å². The van der Waals surface area contributed by atoms with E-state index in [-0.39, 0.29) is 44.7 Å². The van der Waals surface area contributed by atoms with Crippen LogP contribution >= 0.6 is 0 Å². The first-order valence-electron chi connectivity index (χ1n) is 28.1. The van der Waals surface area contributed by atoms with E-state index in [0.717, 1.165) is 19.3 Å². The van der Waals surface area contributed by atoms with E-state index >= 15 is 0 Å². The van der Waals surface area contributed by atoms with E-state index in [9.17, 15) is 0 Å². The molecule has 74 heavy (non-hydrogen) atoms. The molecule has 7 aromatic rings. The largest absolute Gasteiger partial charge is 0.335 e. The van der Waals surface area contributed by atoms with Gasteiger partial charge in [0.15, 0.2) is 0 Å². The Morgan fingerprint density at radius 1 is 0.446 bits per heavy atom. The average molecular weight is 974 g/mol. The maximum Gasteiger partial charge on any atom is 0.252 e. The van der Waals surface area contributed by atoms with E-state index in [1.54, 1.807) is 0 Å². The normalized spacial score (nSPS) is 21.3. The lowest BCUT2D eigenvalue weighted by Crippen LogP contribution is -2.67. The predicted octanol–water partition coefficient (Wildman–Crippen LogP) is 17.2. The summed E-state index contributed by atoms with van der Waals surface area (Å²) >= 11 is 0. The van der Waals surface area contributed by atoms with Gasteiger partial charge in [0, 0.05) is 56.3 Å². The molecule has 2 atom stereocenters. The van der Waals surface area contributed by atoms with E-state index in [2.05, 4.69) is 258 Å². The Hall–Kier alpha value is -6.00. The average Bonchev–Trinajstić information content (AvgIpc) is 3.68. The molecule has 5 aliphatic rings. The minimum Gasteiger partial charge on any atom is -0.335 e. The molecule has 4 heteroatoms. The number of hydrogen-bond donors (Lipinski definition) is 0. The topological polar surface area (TPSA) is 9.72 Å². The van der Waals surface area contributed by atoms with Crippen molar-refractivity contribution < 1.29 is 0 Å². The van der Waals surface area contributed by atoms with Crippen LogP contribution < -0.4 is 31.1 Å². The number of hydrogen-bond acceptors (Lipinski definition) is 3. The van der Waals surface area contributed by atoms with Crippen molar-refractivity contribution in [2.75, 3.05) is 14.7 Å². The molecule has 0 bridgehead atoms. The first kappa shape index (κ1) is 48.9. The first-order valence-corrected chi connectivity index (χ1v) is 28.1. The van der Waals surface area contributed by atoms with Gasteiger partial charge in [-0.3, -0.25) is 0 Å². The van der Waals surface area contributed by atoms with Crippen LogP contribution in [0.2, 0.25) is 0 Å². The molecule has 3 aliphatic heterocycles. The highest BCUT2D eigenvalue weighted by atomic mass is 15.3. The number of para-hydroxylation sites is 1. The molecule has 0 amide bonds. The van der Waals surface area contributed by atoms with E-state index in [1.807, 2.05) is 0 Å². The maximum atomic E-state index is 2.86. The standard InChI is InChI=1S/C70H80BN3/c1-64(2,3)48-27-31-51(32-28-48)72-59-34-30-50(66(7,8)9)40-56(59)71-55-37-46-43-67(10,11)44-47(46)38-60(55)73(57-33-29-49(65(4,5)6)39-53(57)45-23-17-16-18-24-45)62-42-52(41-61(72)63(62)71)74-58-26-20-19-25-54(58)68(12,13)69(14)35-21-22-36-70(69,74)15/h16-20,23-34,37-42H,21-22,35-36,43-44H2,1-15H3. The van der Waals surface area contributed by atoms with Crippen molar-refractivity contribution >= 4 is 68.6 Å². The zero-order valence-electron chi connectivity index (χ0n) is 47.4. The fraction of sp³-hybridized carbons (Fsp3) is 0.400. The first-order chi connectivity index (χ1) is 34.8. The van der Waals surface area contributed by atoms with Gasteiger partial charge in [0.2, 0.25) is 0 Å². The van der Waals surface area contributed by atoms with Crippen LogP contribution in [0.15, 0.2) is 140 Å². The second-order valence-electron chi connectivity index (χ2n) is 28.2. The molecule has 12 rings (SSSR count). The van der Waals surface area contributed by atoms with E-state index < -0.39 is 0 Å². The third kappa shape index (κ3) is 7.26. The van der Waals surface area contributed by atoms with Gasteiger partial charge >= 0.3 is 0 Å². The molecule has 3 heterocycles. The molecule has 0 N–H and O–H groups in total. The van der Waals surface area contributed by atoms with Crippen LogP contribution in [0.5, 0.6) is 0 Å². The molecule has 2 aliphatic carbocycles. The van der Waals surface area contributed by atoms with Gasteiger partial charge in [-0.1, -0.05) is 195 Å². The van der Waals surface area contributed by atoms with Crippen LogP contribution in [-0.2, 0) is 34.5 Å². The summed E-state index contributed by atoms with van der Waals surface area (Å²) in [5.74, 6) is 0. The summed E-state index contributed by atoms with van der Waals surface area (Å²) in [5.41, 5.74) is 25.3. The maximum absolute atomic E-state index is 2.86. The van der Waals surface area contributed by atoms with Crippen LogP contribution in [0.1, 0.15) is 163 Å². The SMILES string of the molecule is CC1(C)Cc2cc3c(cc2C1)N(c1ccc(C(C)(C)C)cc1-c1ccccc1)c1cc(N2c4ccccc4C(C)(C)C4(C)CCCCC24C)cc2c1B3c1cc(C(C)(C)C)ccc1N2c1ccc(C(C)(C)C)cc1. The molecular weight excluding hydrogens is 894 g/mol. The number of anilines is 8. The highest BCUT2D eigenvalue weighted by Crippen LogP contribution is 2.66. The van der Waals surface area contributed by atoms with Gasteiger partial charge in [0.25, 0.3) is 6.71 Å². The van der Waals surface area contributed by atoms with Crippen molar-refractivity contribution in [2.24, 2.45) is 10.8 Å². The van der Waals surface area contributed by atoms with Gasteiger partial charge in [0.1, 0.15) is 0 Å². The summed E-state index contributed by atoms with van der Waals surface area (Å²) in [5, 5.41) is 0. The molecule has 2 unspecified atom stereocenters. The molecule has 378 valence electrons. The molecule has 0 spiro atoms. The predicted molar refractivity (Wildman–Crippen MR) is 320 cm³/mol. The van der Waals surface area contributed by atoms with Crippen LogP contribution in [0.4, 0.5) is 45.5 Å². The van der Waals surface area contributed by atoms with Crippen molar-refractivity contribution in [1.82, 2.24) is 0 Å². The lowest BCUT2D eigenvalue weighted by Gasteiger charge is -2.66. The molecule has 0 aromatic heterocycles. The third-order valence-electron chi connectivity index (χ3n) is 19.5. The van der Waals surface area contributed by atoms with Crippen molar-refractivity contribution in [1.29, 1.82) is 0 Å². The molecule has 1 fully saturated rings. The van der Waals surface area contributed by atoms with Crippen LogP contribution in [0.3, 0.4) is 0 Å². The zero-order chi connectivity index (χ0) is 52.3. The second kappa shape index (κ2) is 16.3. The summed E-state index contributed by atoms with van der Waals surface area (Å²) in [6, 6.07) is 55.8. The highest BCUT2D eigenvalue weighted by molar-refractivity contribution is 7.00. The van der Waals surface area contributed by atoms with Crippen LogP contribution in [0, 0.1) is 10.8 Å². The summed E-state index contributed by atoms with van der Waals surface area (Å²) in [6.45, 7) is 36.5. The van der Waals surface area contributed by atoms with Crippen molar-refractivity contribution in [3.63, 3.8) is 0 Å². The zero-order valence-corrected chi connectivity index (χ0v) is 47.4. The summed E-state index contributed by atoms with van der Waals surface area (Å²) < 4.78 is 0. The number of nitrogens with zero attached hydrogens (tertiary/aromatic N) is 3. The van der Waals surface area contributed by atoms with Gasteiger partial charge in [0.05, 0.1) is 5.69 Å². The van der Waals surface area contributed by atoms with E-state index in [0.29, 0.717) is 0 Å². The molecule has 3 nitrogen and oxygen atoms in total. The molecule has 7 aromatic carbocycles. The summed E-state index contributed by atoms with van der Waals surface area (Å²) in [7, 11) is 0. The lowest BCUT2D eigenvalue weighted by atomic mass is 9.33. The Bertz CT molecular complexity index is 3390. The lowest BCUT2D eigenvalue weighted by molar-refractivity contribution is 0.0106. The van der Waals surface area contributed by atoms with Gasteiger partial charge in [-0.2, -0.15) is 0 Å². The molecule has 1 saturated carbocycles. The highest BCUT2D eigenvalue weighted by Gasteiger charge is 2.62. The fourth-order valence-electron chi connectivity index (χ4n) is 14.9. The number of benzene rings is 7. The smallest absolute Gasteiger partial charge is 0.252 e. The monoisotopic (exact) mass is 974 g/mol. The van der Waals surface area contributed by atoms with Crippen LogP contribution in [-0.4, -0.2) is 12.3 Å². The number of fused-ring (bicyclic) bond motifs is 7. The minimum atomic E-state index is -0.163. The van der Waals surface area contributed by atoms with Crippen molar-refractivity contribution in [3.05, 3.63) is 173 Å². The Morgan fingerprint density at radius 3 is 1.66 bits per heavy atom. The van der Waals surface area contributed by atoms with Crippen molar-refractivity contribution in [2.45, 2.75) is 170 Å². The minimum absolute atomic E-state index is 0.00358. The summed E-state index contributed by atoms with van der Waals surface area (Å²) in [4.78, 5) is 8.27. The molecular formula is C70H80BN3. The second-order valence-corrected chi connectivity index (χ2v) is 28.2. The van der Waals surface area contributed by atoms with Gasteiger partial charge in [-0.05, 0) is 170 Å². The Balaban J connectivity index is 1.25. The Morgan fingerprint density at radius 2 is 1.00 bits per heavy atom. The quantitative estimate of drug-likeness (QED) is 0.163. The fourth-order valence-corrected chi connectivity index (χ4v) is 14.9. The molecule has 0 radical (unpaired) electrons. The third-order valence-corrected chi connectivity index (χ3v) is 19.5. The Kier molecular flexibility index (Phi) is 10.7. The van der Waals surface area contributed by atoms with Gasteiger partial charge < -0.3 is 14.7 Å². The number of rotatable bonds is 4. The summed E-state index contributed by atoms with van der Waals surface area (Å²) in [6.07, 6.45) is 6.96. The molecule has 0 saturated heterocycles. The van der Waals surface area contributed by atoms with Gasteiger partial charge in [-0.15, -0.1) is 0 Å². The van der Waals surface area contributed by atoms with Crippen LogP contribution in [0.25, 0.3) is 11.1 Å².